The molecule has 2 aromatic rings. The summed E-state index contributed by atoms with van der Waals surface area (Å²) in [7, 11) is 0. The molecule has 1 N–H and O–H groups in total. The van der Waals surface area contributed by atoms with E-state index < -0.39 is 0 Å². The van der Waals surface area contributed by atoms with Gasteiger partial charge in [-0.05, 0) is 41.5 Å². The second kappa shape index (κ2) is 3.90. The van der Waals surface area contributed by atoms with Crippen molar-refractivity contribution in [1.29, 1.82) is 0 Å². The predicted octanol–water partition coefficient (Wildman–Crippen LogP) is 1.53. The van der Waals surface area contributed by atoms with Crippen LogP contribution in [0.5, 0.6) is 0 Å². The van der Waals surface area contributed by atoms with Crippen LogP contribution in [-0.2, 0) is 12.8 Å². The smallest absolute Gasteiger partial charge is 0.261 e. The lowest BCUT2D eigenvalue weighted by Gasteiger charge is -2.27. The summed E-state index contributed by atoms with van der Waals surface area (Å²) in [6.45, 7) is -0.172. The van der Waals surface area contributed by atoms with Gasteiger partial charge < -0.3 is 5.11 Å². The zero-order chi connectivity index (χ0) is 13.9. The van der Waals surface area contributed by atoms with Crippen molar-refractivity contribution in [1.82, 2.24) is 4.90 Å². The van der Waals surface area contributed by atoms with Gasteiger partial charge in [0.15, 0.2) is 0 Å². The first-order valence-electron chi connectivity index (χ1n) is 6.77. The van der Waals surface area contributed by atoms with E-state index in [4.69, 9.17) is 5.11 Å². The summed E-state index contributed by atoms with van der Waals surface area (Å²) >= 11 is 0. The number of aryl methyl sites for hydroxylation is 2. The highest BCUT2D eigenvalue weighted by molar-refractivity contribution is 6.26. The number of carbonyl (C=O) groups is 2. The number of aliphatic hydroxyl groups excluding tert-OH is 1. The Morgan fingerprint density at radius 3 is 1.95 bits per heavy atom. The molecule has 4 rings (SSSR count). The number of benzene rings is 2. The van der Waals surface area contributed by atoms with Gasteiger partial charge in [0.05, 0.1) is 13.2 Å². The number of nitrogens with zero attached hydrogens (tertiary/aromatic N) is 1. The summed E-state index contributed by atoms with van der Waals surface area (Å²) in [5.74, 6) is -0.598. The monoisotopic (exact) mass is 267 g/mol. The fourth-order valence-electron chi connectivity index (χ4n) is 3.37. The Morgan fingerprint density at radius 1 is 0.900 bits per heavy atom. The normalized spacial score (nSPS) is 16.4. The van der Waals surface area contributed by atoms with Crippen molar-refractivity contribution in [2.45, 2.75) is 12.8 Å². The zero-order valence-electron chi connectivity index (χ0n) is 10.8. The van der Waals surface area contributed by atoms with Gasteiger partial charge in [-0.3, -0.25) is 14.5 Å². The molecule has 0 atom stereocenters. The zero-order valence-corrected chi connectivity index (χ0v) is 10.8. The number of amides is 2. The molecule has 1 aliphatic carbocycles. The van der Waals surface area contributed by atoms with E-state index in [1.54, 1.807) is 0 Å². The Hall–Kier alpha value is -2.20. The highest BCUT2D eigenvalue weighted by Gasteiger charge is 2.34. The Balaban J connectivity index is 2.08. The highest BCUT2D eigenvalue weighted by atomic mass is 16.3. The van der Waals surface area contributed by atoms with E-state index in [0.717, 1.165) is 28.5 Å². The molecule has 0 saturated heterocycles. The number of carbonyl (C=O) groups excluding carboxylic acids is 2. The summed E-state index contributed by atoms with van der Waals surface area (Å²) < 4.78 is 0. The van der Waals surface area contributed by atoms with Crippen LogP contribution >= 0.6 is 0 Å². The summed E-state index contributed by atoms with van der Waals surface area (Å²) in [6, 6.07) is 7.61. The van der Waals surface area contributed by atoms with Gasteiger partial charge in [0, 0.05) is 16.5 Å². The van der Waals surface area contributed by atoms with Crippen molar-refractivity contribution in [3.8, 4) is 0 Å². The summed E-state index contributed by atoms with van der Waals surface area (Å²) in [4.78, 5) is 26.0. The Morgan fingerprint density at radius 2 is 1.45 bits per heavy atom. The number of hydrogen-bond donors (Lipinski definition) is 1. The molecule has 2 aliphatic rings. The van der Waals surface area contributed by atoms with E-state index in [1.807, 2.05) is 24.3 Å². The second-order valence-electron chi connectivity index (χ2n) is 5.28. The molecule has 0 unspecified atom stereocenters. The van der Waals surface area contributed by atoms with Crippen LogP contribution in [-0.4, -0.2) is 35.0 Å². The number of hydrogen-bond acceptors (Lipinski definition) is 3. The lowest BCUT2D eigenvalue weighted by atomic mass is 9.91. The number of aliphatic hydroxyl groups is 1. The highest BCUT2D eigenvalue weighted by Crippen LogP contribution is 2.38. The van der Waals surface area contributed by atoms with Crippen LogP contribution in [0, 0.1) is 0 Å². The fraction of sp³-hybridized carbons (Fsp3) is 0.250. The van der Waals surface area contributed by atoms with Crippen LogP contribution in [0.25, 0.3) is 10.8 Å². The molecule has 1 aliphatic heterocycles. The molecule has 0 fully saturated rings. The van der Waals surface area contributed by atoms with E-state index in [2.05, 4.69) is 0 Å². The van der Waals surface area contributed by atoms with Crippen molar-refractivity contribution in [3.05, 3.63) is 46.5 Å². The molecule has 0 aromatic heterocycles. The minimum Gasteiger partial charge on any atom is -0.395 e. The maximum Gasteiger partial charge on any atom is 0.261 e. The summed E-state index contributed by atoms with van der Waals surface area (Å²) in [5.41, 5.74) is 3.60. The third-order valence-corrected chi connectivity index (χ3v) is 4.27. The molecule has 100 valence electrons. The van der Waals surface area contributed by atoms with Crippen LogP contribution < -0.4 is 0 Å². The lowest BCUT2D eigenvalue weighted by Crippen LogP contribution is -2.41. The van der Waals surface area contributed by atoms with Crippen molar-refractivity contribution < 1.29 is 14.7 Å². The molecule has 2 aromatic carbocycles. The quantitative estimate of drug-likeness (QED) is 0.839. The summed E-state index contributed by atoms with van der Waals surface area (Å²) in [5, 5.41) is 10.9. The molecule has 0 spiro atoms. The topological polar surface area (TPSA) is 57.6 Å². The van der Waals surface area contributed by atoms with Gasteiger partial charge >= 0.3 is 0 Å². The van der Waals surface area contributed by atoms with E-state index in [1.165, 1.54) is 11.1 Å². The first-order chi connectivity index (χ1) is 9.72. The minimum absolute atomic E-state index is 0.0438. The molecule has 1 heterocycles. The second-order valence-corrected chi connectivity index (χ2v) is 5.28. The van der Waals surface area contributed by atoms with Crippen LogP contribution in [0.3, 0.4) is 0 Å². The lowest BCUT2D eigenvalue weighted by molar-refractivity contribution is 0.0580. The van der Waals surface area contributed by atoms with Gasteiger partial charge in [0.1, 0.15) is 0 Å². The largest absolute Gasteiger partial charge is 0.395 e. The van der Waals surface area contributed by atoms with Gasteiger partial charge in [0.25, 0.3) is 11.8 Å². The minimum atomic E-state index is -0.299. The maximum atomic E-state index is 12.4. The first kappa shape index (κ1) is 11.6. The Bertz CT molecular complexity index is 720. The average molecular weight is 267 g/mol. The van der Waals surface area contributed by atoms with E-state index >= 15 is 0 Å². The van der Waals surface area contributed by atoms with Gasteiger partial charge in [-0.15, -0.1) is 0 Å². The molecular formula is C16H13NO3. The van der Waals surface area contributed by atoms with Crippen molar-refractivity contribution >= 4 is 22.6 Å². The SMILES string of the molecule is O=C1c2ccc3c4c(ccc(c24)C(=O)N1CCO)CC3. The maximum absolute atomic E-state index is 12.4. The van der Waals surface area contributed by atoms with Crippen molar-refractivity contribution in [2.75, 3.05) is 13.2 Å². The van der Waals surface area contributed by atoms with Gasteiger partial charge in [-0.2, -0.15) is 0 Å². The van der Waals surface area contributed by atoms with E-state index in [0.29, 0.717) is 11.1 Å². The molecule has 0 radical (unpaired) electrons. The molecule has 4 nitrogen and oxygen atoms in total. The van der Waals surface area contributed by atoms with Crippen molar-refractivity contribution in [2.24, 2.45) is 0 Å². The van der Waals surface area contributed by atoms with E-state index in [9.17, 15) is 9.59 Å². The fourth-order valence-corrected chi connectivity index (χ4v) is 3.37. The average Bonchev–Trinajstić information content (AvgIpc) is 2.88. The predicted molar refractivity (Wildman–Crippen MR) is 73.8 cm³/mol. The van der Waals surface area contributed by atoms with E-state index in [-0.39, 0.29) is 25.0 Å². The van der Waals surface area contributed by atoms with Gasteiger partial charge in [-0.25, -0.2) is 0 Å². The van der Waals surface area contributed by atoms with Crippen LogP contribution in [0.15, 0.2) is 24.3 Å². The number of imide groups is 1. The Kier molecular flexibility index (Phi) is 2.26. The van der Waals surface area contributed by atoms with Crippen LogP contribution in [0.2, 0.25) is 0 Å². The van der Waals surface area contributed by atoms with Crippen LogP contribution in [0.4, 0.5) is 0 Å². The summed E-state index contributed by atoms with van der Waals surface area (Å²) in [6.07, 6.45) is 1.94. The third kappa shape index (κ3) is 1.29. The molecule has 0 bridgehead atoms. The first-order valence-corrected chi connectivity index (χ1v) is 6.77. The van der Waals surface area contributed by atoms with Crippen LogP contribution in [0.1, 0.15) is 31.8 Å². The standard InChI is InChI=1S/C16H13NO3/c18-8-7-17-15(19)11-5-3-9-1-2-10-4-6-12(16(17)20)14(11)13(9)10/h3-6,18H,1-2,7-8H2. The number of β-amino-alcohol motifs (C(OH)–C–C–N with tert-alkyl or cyclic N) is 1. The van der Waals surface area contributed by atoms with Gasteiger partial charge in [-0.1, -0.05) is 12.1 Å². The molecule has 2 amide bonds. The third-order valence-electron chi connectivity index (χ3n) is 4.27. The Labute approximate surface area is 115 Å². The van der Waals surface area contributed by atoms with Gasteiger partial charge in [0.2, 0.25) is 0 Å². The molecular weight excluding hydrogens is 254 g/mol. The number of rotatable bonds is 2. The molecule has 0 saturated carbocycles. The molecule has 4 heteroatoms. The van der Waals surface area contributed by atoms with Crippen molar-refractivity contribution in [3.63, 3.8) is 0 Å². The molecule has 20 heavy (non-hydrogen) atoms.